The van der Waals surface area contributed by atoms with E-state index in [1.54, 1.807) is 24.3 Å². The van der Waals surface area contributed by atoms with E-state index in [4.69, 9.17) is 35.2 Å². The van der Waals surface area contributed by atoms with Crippen molar-refractivity contribution in [1.29, 1.82) is 0 Å². The monoisotopic (exact) mass is 819 g/mol. The largest absolute Gasteiger partial charge is 0.481 e. The van der Waals surface area contributed by atoms with Crippen LogP contribution in [0.1, 0.15) is 85.3 Å². The van der Waals surface area contributed by atoms with Crippen LogP contribution in [0.2, 0.25) is 0 Å². The number of carboxylic acids is 1. The Hall–Kier alpha value is -3.08. The van der Waals surface area contributed by atoms with E-state index >= 15 is 0 Å². The van der Waals surface area contributed by atoms with Gasteiger partial charge in [-0.05, 0) is 79.8 Å². The summed E-state index contributed by atoms with van der Waals surface area (Å²) in [7, 11) is -1.93. The number of hydrogen-bond donors (Lipinski definition) is 1. The molecule has 0 atom stereocenters. The number of carboxylic acid groups (broad SMARTS) is 1. The third-order valence-corrected chi connectivity index (χ3v) is 13.8. The van der Waals surface area contributed by atoms with Crippen LogP contribution in [0.4, 0.5) is 0 Å². The van der Waals surface area contributed by atoms with Crippen molar-refractivity contribution in [1.82, 2.24) is 23.4 Å². The summed E-state index contributed by atoms with van der Waals surface area (Å²) in [5, 5.41) is 8.90. The number of imidazole rings is 2. The number of aliphatic carboxylic acids is 1. The molecule has 0 unspecified atom stereocenters. The second-order valence-corrected chi connectivity index (χ2v) is 21.7. The summed E-state index contributed by atoms with van der Waals surface area (Å²) in [6.07, 6.45) is 4.11. The van der Waals surface area contributed by atoms with Crippen LogP contribution in [-0.4, -0.2) is 90.8 Å². The van der Waals surface area contributed by atoms with E-state index in [0.717, 1.165) is 87.9 Å². The van der Waals surface area contributed by atoms with Crippen LogP contribution in [-0.2, 0) is 57.3 Å². The van der Waals surface area contributed by atoms with E-state index in [2.05, 4.69) is 50.7 Å². The van der Waals surface area contributed by atoms with Gasteiger partial charge in [0, 0.05) is 74.1 Å². The van der Waals surface area contributed by atoms with Crippen LogP contribution in [0.5, 0.6) is 0 Å². The zero-order valence-corrected chi connectivity index (χ0v) is 35.0. The Kier molecular flexibility index (Phi) is 12.1. The maximum atomic E-state index is 13.0. The number of ether oxygens (including phenoxy) is 2. The third-order valence-electron chi connectivity index (χ3n) is 10.7. The summed E-state index contributed by atoms with van der Waals surface area (Å²) in [4.78, 5) is 20.7. The molecule has 0 radical (unpaired) electrons. The predicted molar refractivity (Wildman–Crippen MR) is 211 cm³/mol. The van der Waals surface area contributed by atoms with Crippen molar-refractivity contribution < 1.29 is 36.2 Å². The van der Waals surface area contributed by atoms with Gasteiger partial charge in [-0.1, -0.05) is 41.5 Å². The molecule has 5 heterocycles. The molecule has 55 heavy (non-hydrogen) atoms. The molecule has 3 aliphatic heterocycles. The summed E-state index contributed by atoms with van der Waals surface area (Å²) in [5.41, 5.74) is 2.95. The maximum Gasteiger partial charge on any atom is 0.303 e. The highest BCUT2D eigenvalue weighted by Gasteiger charge is 2.38. The van der Waals surface area contributed by atoms with Crippen LogP contribution in [0.15, 0.2) is 46.2 Å². The molecule has 0 bridgehead atoms. The number of nitrogens with zero attached hydrogens (tertiary/aromatic N) is 5. The second-order valence-electron chi connectivity index (χ2n) is 17.2. The average Bonchev–Trinajstić information content (AvgIpc) is 3.65. The molecule has 3 aliphatic rings. The van der Waals surface area contributed by atoms with Crippen molar-refractivity contribution in [2.24, 2.45) is 17.8 Å². The van der Waals surface area contributed by atoms with E-state index in [1.807, 2.05) is 12.1 Å². The molecule has 13 nitrogen and oxygen atoms in total. The first kappa shape index (κ1) is 41.6. The first-order valence-electron chi connectivity index (χ1n) is 19.1. The third kappa shape index (κ3) is 9.56. The number of carbonyl (C=O) groups is 1. The zero-order chi connectivity index (χ0) is 39.9. The fraction of sp³-hybridized carbons (Fsp3) is 0.615. The standard InChI is InChI=1S/C22H31N3O5S.C17H23ClN2O3S/c1-22(2,3)21-23-18-11-17(31(28,29)24-12-16(13-24)10-20(26)27)4-5-19(18)25(21)14-15-6-8-30-9-7-15;1-17(2,3)16-19-14-10-13(24(18,21)22)4-5-15(14)20(16)11-12-6-8-23-9-7-12/h4-5,11,15-16H,6-10,12-14H2,1-3H3,(H,26,27);4-5,10,12H,6-9,11H2,1-3H3. The van der Waals surface area contributed by atoms with Gasteiger partial charge >= 0.3 is 5.97 Å². The lowest BCUT2D eigenvalue weighted by Gasteiger charge is -2.37. The van der Waals surface area contributed by atoms with Gasteiger partial charge in [0.15, 0.2) is 0 Å². The molecule has 2 aromatic carbocycles. The van der Waals surface area contributed by atoms with Gasteiger partial charge in [-0.2, -0.15) is 4.31 Å². The number of halogens is 1. The van der Waals surface area contributed by atoms with Crippen molar-refractivity contribution >= 4 is 57.8 Å². The Morgan fingerprint density at radius 1 is 0.727 bits per heavy atom. The average molecular weight is 820 g/mol. The molecule has 0 aliphatic carbocycles. The Morgan fingerprint density at radius 2 is 1.15 bits per heavy atom. The van der Waals surface area contributed by atoms with Gasteiger partial charge in [0.05, 0.1) is 38.3 Å². The molecule has 0 spiro atoms. The minimum Gasteiger partial charge on any atom is -0.481 e. The quantitative estimate of drug-likeness (QED) is 0.184. The Labute approximate surface area is 328 Å². The zero-order valence-electron chi connectivity index (χ0n) is 32.6. The first-order chi connectivity index (χ1) is 25.7. The highest BCUT2D eigenvalue weighted by molar-refractivity contribution is 8.13. The normalized spacial score (nSPS) is 18.7. The molecule has 0 amide bonds. The fourth-order valence-electron chi connectivity index (χ4n) is 7.66. The molecular weight excluding hydrogens is 766 g/mol. The van der Waals surface area contributed by atoms with Crippen LogP contribution in [0.25, 0.3) is 22.1 Å². The van der Waals surface area contributed by atoms with E-state index in [-0.39, 0.29) is 46.0 Å². The maximum absolute atomic E-state index is 13.0. The van der Waals surface area contributed by atoms with Gasteiger partial charge in [0.25, 0.3) is 9.05 Å². The number of benzene rings is 2. The second kappa shape index (κ2) is 16.0. The lowest BCUT2D eigenvalue weighted by molar-refractivity contribution is -0.139. The fourth-order valence-corrected chi connectivity index (χ4v) is 10.0. The number of rotatable bonds is 9. The van der Waals surface area contributed by atoms with Crippen LogP contribution < -0.4 is 0 Å². The molecule has 16 heteroatoms. The van der Waals surface area contributed by atoms with Crippen molar-refractivity contribution in [3.05, 3.63) is 48.0 Å². The summed E-state index contributed by atoms with van der Waals surface area (Å²) in [5.74, 6) is 1.97. The minimum atomic E-state index is -3.75. The number of hydrogen-bond acceptors (Lipinski definition) is 9. The van der Waals surface area contributed by atoms with Gasteiger partial charge in [-0.3, -0.25) is 4.79 Å². The molecule has 3 fully saturated rings. The molecule has 0 saturated carbocycles. The Balaban J connectivity index is 0.000000193. The number of aromatic nitrogens is 4. The molecule has 302 valence electrons. The van der Waals surface area contributed by atoms with E-state index in [1.165, 1.54) is 4.31 Å². The van der Waals surface area contributed by atoms with E-state index in [9.17, 15) is 21.6 Å². The predicted octanol–water partition coefficient (Wildman–Crippen LogP) is 6.54. The van der Waals surface area contributed by atoms with Gasteiger partial charge in [-0.25, -0.2) is 26.8 Å². The SMILES string of the molecule is CC(C)(C)c1nc2cc(S(=O)(=O)Cl)ccc2n1CC1CCOCC1.CC(C)(C)c1nc2cc(S(=O)(=O)N3CC(CC(=O)O)C3)ccc2n1CC1CCOCC1. The van der Waals surface area contributed by atoms with Crippen molar-refractivity contribution in [3.8, 4) is 0 Å². The van der Waals surface area contributed by atoms with Gasteiger partial charge < -0.3 is 23.7 Å². The highest BCUT2D eigenvalue weighted by atomic mass is 35.7. The molecule has 2 aromatic heterocycles. The van der Waals surface area contributed by atoms with Gasteiger partial charge in [0.1, 0.15) is 11.6 Å². The molecule has 7 rings (SSSR count). The summed E-state index contributed by atoms with van der Waals surface area (Å²) >= 11 is 0. The molecule has 3 saturated heterocycles. The summed E-state index contributed by atoms with van der Waals surface area (Å²) in [6, 6.07) is 10.1. The molecule has 4 aromatic rings. The smallest absolute Gasteiger partial charge is 0.303 e. The Bertz CT molecular complexity index is 2240. The van der Waals surface area contributed by atoms with Crippen molar-refractivity contribution in [2.75, 3.05) is 39.5 Å². The lowest BCUT2D eigenvalue weighted by atomic mass is 9.94. The van der Waals surface area contributed by atoms with E-state index < -0.39 is 25.0 Å². The van der Waals surface area contributed by atoms with Gasteiger partial charge in [0.2, 0.25) is 10.0 Å². The van der Waals surface area contributed by atoms with Crippen LogP contribution in [0, 0.1) is 17.8 Å². The summed E-state index contributed by atoms with van der Waals surface area (Å²) in [6.45, 7) is 18.1. The van der Waals surface area contributed by atoms with E-state index in [0.29, 0.717) is 22.9 Å². The van der Waals surface area contributed by atoms with Crippen molar-refractivity contribution in [3.63, 3.8) is 0 Å². The number of sulfonamides is 1. The van der Waals surface area contributed by atoms with Gasteiger partial charge in [-0.15, -0.1) is 0 Å². The molecular formula is C39H54ClN5O8S2. The lowest BCUT2D eigenvalue weighted by Crippen LogP contribution is -2.50. The van der Waals surface area contributed by atoms with Crippen molar-refractivity contribution in [2.45, 2.75) is 107 Å². The summed E-state index contributed by atoms with van der Waals surface area (Å²) < 4.78 is 66.0. The topological polar surface area (TPSA) is 163 Å². The highest BCUT2D eigenvalue weighted by Crippen LogP contribution is 2.34. The Morgan fingerprint density at radius 3 is 1.55 bits per heavy atom. The van der Waals surface area contributed by atoms with Crippen LogP contribution >= 0.6 is 10.7 Å². The number of fused-ring (bicyclic) bond motifs is 2. The van der Waals surface area contributed by atoms with Crippen LogP contribution in [0.3, 0.4) is 0 Å². The minimum absolute atomic E-state index is 0.00336. The molecule has 1 N–H and O–H groups in total. The first-order valence-corrected chi connectivity index (χ1v) is 22.8.